The first-order chi connectivity index (χ1) is 26.5. The van der Waals surface area contributed by atoms with E-state index in [4.69, 9.17) is 4.74 Å². The summed E-state index contributed by atoms with van der Waals surface area (Å²) >= 11 is 0. The van der Waals surface area contributed by atoms with Crippen LogP contribution in [0.4, 0.5) is 0 Å². The minimum Gasteiger partial charge on any atom is -0.478 e. The Balaban J connectivity index is 2.07. The maximum Gasteiger partial charge on any atom is 0.336 e. The number of carbonyl (C=O) groups is 10. The molecule has 19 heteroatoms. The van der Waals surface area contributed by atoms with Crippen LogP contribution in [0.3, 0.4) is 0 Å². The van der Waals surface area contributed by atoms with Crippen molar-refractivity contribution in [2.24, 2.45) is 0 Å². The number of rotatable bonds is 14. The monoisotopic (exact) mass is 786 g/mol. The summed E-state index contributed by atoms with van der Waals surface area (Å²) in [5.41, 5.74) is -13.5. The molecule has 0 bridgehead atoms. The normalized spacial score (nSPS) is 11.2. The molecule has 292 valence electrons. The highest BCUT2D eigenvalue weighted by Gasteiger charge is 2.47. The second-order valence-corrected chi connectivity index (χ2v) is 12.4. The summed E-state index contributed by atoms with van der Waals surface area (Å²) in [6.07, 6.45) is 0. The molecule has 4 aromatic carbocycles. The van der Waals surface area contributed by atoms with Crippen molar-refractivity contribution < 1.29 is 93.5 Å². The highest BCUT2D eigenvalue weighted by molar-refractivity contribution is 6.07. The summed E-state index contributed by atoms with van der Waals surface area (Å²) in [7, 11) is 0. The van der Waals surface area contributed by atoms with Gasteiger partial charge in [-0.15, -0.1) is 0 Å². The number of carboxylic acid groups (broad SMARTS) is 8. The fraction of sp³-hybridized carbons (Fsp3) is 0.105. The number of aromatic carboxylic acids is 8. The molecule has 0 unspecified atom stereocenters. The molecule has 19 nitrogen and oxygen atoms in total. The number of hydrogen-bond acceptors (Lipinski definition) is 11. The first-order valence-corrected chi connectivity index (χ1v) is 15.7. The maximum absolute atomic E-state index is 14.5. The summed E-state index contributed by atoms with van der Waals surface area (Å²) in [4.78, 5) is 125. The van der Waals surface area contributed by atoms with E-state index < -0.39 is 137 Å². The molecule has 0 aliphatic carbocycles. The lowest BCUT2D eigenvalue weighted by Crippen LogP contribution is -2.43. The Labute approximate surface area is 317 Å². The summed E-state index contributed by atoms with van der Waals surface area (Å²) in [6, 6.07) is 9.64. The van der Waals surface area contributed by atoms with Crippen LogP contribution in [0, 0.1) is 0 Å². The van der Waals surface area contributed by atoms with Crippen molar-refractivity contribution in [3.05, 3.63) is 140 Å². The molecule has 0 amide bonds. The molecule has 0 atom stereocenters. The van der Waals surface area contributed by atoms with Crippen molar-refractivity contribution in [3.63, 3.8) is 0 Å². The lowest BCUT2D eigenvalue weighted by molar-refractivity contribution is -0.165. The van der Waals surface area contributed by atoms with Crippen LogP contribution < -0.4 is 0 Å². The van der Waals surface area contributed by atoms with Crippen molar-refractivity contribution in [3.8, 4) is 0 Å². The van der Waals surface area contributed by atoms with Crippen LogP contribution in [0.5, 0.6) is 0 Å². The standard InChI is InChI=1S/C38H26O19/c1-37(15-3-7-19(27(39)40)23(11-15)31(47)48,16-4-8-20(28(41)42)24(12-16)32(49)50)35(55)57-36(56)38(2,17-5-9-21(29(43)44)25(13-17)33(51)52)18-6-10-22(30(45)46)26(14-18)34(53)54/h3-14H,1-2H3,(H,39,40)(H,41,42)(H,43,44)(H,45,46)(H,47,48)(H,49,50)(H,51,52)(H,53,54). The molecule has 0 aliphatic rings. The van der Waals surface area contributed by atoms with Gasteiger partial charge in [0, 0.05) is 0 Å². The van der Waals surface area contributed by atoms with E-state index in [-0.39, 0.29) is 0 Å². The first kappa shape index (κ1) is 41.5. The van der Waals surface area contributed by atoms with Crippen LogP contribution >= 0.6 is 0 Å². The average molecular weight is 787 g/mol. The molecular formula is C38H26O19. The maximum atomic E-state index is 14.5. The van der Waals surface area contributed by atoms with Gasteiger partial charge in [0.1, 0.15) is 10.8 Å². The van der Waals surface area contributed by atoms with Gasteiger partial charge in [0.05, 0.1) is 44.5 Å². The largest absolute Gasteiger partial charge is 0.478 e. The molecule has 8 N–H and O–H groups in total. The van der Waals surface area contributed by atoms with Gasteiger partial charge in [0.2, 0.25) is 0 Å². The SMILES string of the molecule is CC(C(=O)OC(=O)C(C)(c1ccc(C(=O)O)c(C(=O)O)c1)c1ccc(C(=O)O)c(C(=O)O)c1)(c1ccc(C(=O)O)c(C(=O)O)c1)c1ccc(C(=O)O)c(C(=O)O)c1. The van der Waals surface area contributed by atoms with Gasteiger partial charge in [-0.3, -0.25) is 9.59 Å². The number of hydrogen-bond donors (Lipinski definition) is 8. The van der Waals surface area contributed by atoms with Gasteiger partial charge in [0.25, 0.3) is 0 Å². The Bertz CT molecular complexity index is 2170. The Morgan fingerprint density at radius 2 is 0.509 bits per heavy atom. The fourth-order valence-electron chi connectivity index (χ4n) is 5.97. The summed E-state index contributed by atoms with van der Waals surface area (Å²) < 4.78 is 5.38. The predicted octanol–water partition coefficient (Wildman–Crippen LogP) is 3.65. The second-order valence-electron chi connectivity index (χ2n) is 12.4. The van der Waals surface area contributed by atoms with Crippen LogP contribution in [0.1, 0.15) is 119 Å². The molecule has 4 aromatic rings. The van der Waals surface area contributed by atoms with E-state index in [0.29, 0.717) is 24.3 Å². The van der Waals surface area contributed by atoms with Crippen molar-refractivity contribution in [2.75, 3.05) is 0 Å². The van der Waals surface area contributed by atoms with Gasteiger partial charge in [-0.2, -0.15) is 0 Å². The van der Waals surface area contributed by atoms with Crippen molar-refractivity contribution >= 4 is 59.7 Å². The third-order valence-corrected chi connectivity index (χ3v) is 9.23. The molecule has 0 saturated carbocycles. The van der Waals surface area contributed by atoms with Crippen molar-refractivity contribution in [1.82, 2.24) is 0 Å². The smallest absolute Gasteiger partial charge is 0.336 e. The summed E-state index contributed by atoms with van der Waals surface area (Å²) in [5, 5.41) is 77.6. The minimum absolute atomic E-state index is 0.443. The lowest BCUT2D eigenvalue weighted by atomic mass is 9.73. The summed E-state index contributed by atoms with van der Waals surface area (Å²) in [6.45, 7) is 1.97. The van der Waals surface area contributed by atoms with Crippen molar-refractivity contribution in [2.45, 2.75) is 24.7 Å². The number of carboxylic acids is 8. The van der Waals surface area contributed by atoms with E-state index >= 15 is 0 Å². The highest BCUT2D eigenvalue weighted by atomic mass is 16.6. The third-order valence-electron chi connectivity index (χ3n) is 9.23. The van der Waals surface area contributed by atoms with Gasteiger partial charge >= 0.3 is 59.7 Å². The molecule has 0 heterocycles. The predicted molar refractivity (Wildman–Crippen MR) is 185 cm³/mol. The first-order valence-electron chi connectivity index (χ1n) is 15.7. The molecule has 0 radical (unpaired) electrons. The van der Waals surface area contributed by atoms with Gasteiger partial charge in [-0.05, 0) is 84.6 Å². The Morgan fingerprint density at radius 1 is 0.333 bits per heavy atom. The molecular weight excluding hydrogens is 760 g/mol. The minimum atomic E-state index is -2.53. The molecule has 0 spiro atoms. The number of esters is 2. The van der Waals surface area contributed by atoms with E-state index in [0.717, 1.165) is 62.4 Å². The Hall–Kier alpha value is -8.22. The van der Waals surface area contributed by atoms with Gasteiger partial charge in [-0.25, -0.2) is 38.4 Å². The zero-order chi connectivity index (χ0) is 42.9. The fourth-order valence-corrected chi connectivity index (χ4v) is 5.97. The molecule has 4 rings (SSSR count). The van der Waals surface area contributed by atoms with Crippen LogP contribution in [0.15, 0.2) is 72.8 Å². The quantitative estimate of drug-likeness (QED) is 0.0667. The van der Waals surface area contributed by atoms with Gasteiger partial charge in [-0.1, -0.05) is 24.3 Å². The van der Waals surface area contributed by atoms with Crippen LogP contribution in [-0.2, 0) is 25.2 Å². The zero-order valence-corrected chi connectivity index (χ0v) is 29.0. The number of carbonyl (C=O) groups excluding carboxylic acids is 2. The summed E-state index contributed by atoms with van der Waals surface area (Å²) in [5.74, 6) is -17.4. The van der Waals surface area contributed by atoms with E-state index in [1.807, 2.05) is 0 Å². The van der Waals surface area contributed by atoms with Crippen LogP contribution in [0.2, 0.25) is 0 Å². The average Bonchev–Trinajstić information content (AvgIpc) is 3.15. The number of benzene rings is 4. The van der Waals surface area contributed by atoms with Gasteiger partial charge < -0.3 is 45.6 Å². The van der Waals surface area contributed by atoms with Crippen LogP contribution in [0.25, 0.3) is 0 Å². The molecule has 0 saturated heterocycles. The molecule has 0 fully saturated rings. The lowest BCUT2D eigenvalue weighted by Gasteiger charge is -2.33. The van der Waals surface area contributed by atoms with E-state index in [1.54, 1.807) is 0 Å². The van der Waals surface area contributed by atoms with E-state index in [9.17, 15) is 88.8 Å². The molecule has 57 heavy (non-hydrogen) atoms. The third kappa shape index (κ3) is 7.47. The van der Waals surface area contributed by atoms with E-state index in [2.05, 4.69) is 0 Å². The van der Waals surface area contributed by atoms with E-state index in [1.165, 1.54) is 0 Å². The Morgan fingerprint density at radius 3 is 0.667 bits per heavy atom. The topological polar surface area (TPSA) is 342 Å². The molecule has 0 aliphatic heterocycles. The number of ether oxygens (including phenoxy) is 1. The van der Waals surface area contributed by atoms with Crippen molar-refractivity contribution in [1.29, 1.82) is 0 Å². The second kappa shape index (κ2) is 15.3. The molecule has 0 aromatic heterocycles. The highest BCUT2D eigenvalue weighted by Crippen LogP contribution is 2.40. The zero-order valence-electron chi connectivity index (χ0n) is 29.0. The Kier molecular flexibility index (Phi) is 11.1. The van der Waals surface area contributed by atoms with Crippen LogP contribution in [-0.4, -0.2) is 101 Å². The van der Waals surface area contributed by atoms with Gasteiger partial charge in [0.15, 0.2) is 0 Å².